The molecule has 10 heteroatoms. The Hall–Kier alpha value is -2.55. The Morgan fingerprint density at radius 3 is 1.60 bits per heavy atom. The van der Waals surface area contributed by atoms with E-state index in [4.69, 9.17) is 24.3 Å². The number of allylic oxidation sites excluding steroid dienone is 12. The van der Waals surface area contributed by atoms with Crippen LogP contribution in [0.2, 0.25) is 0 Å². The second kappa shape index (κ2) is 36.2. The van der Waals surface area contributed by atoms with Crippen molar-refractivity contribution < 1.29 is 37.6 Å². The lowest BCUT2D eigenvalue weighted by Crippen LogP contribution is -2.29. The summed E-state index contributed by atoms with van der Waals surface area (Å²) in [7, 11) is -4.39. The Balaban J connectivity index is 4.34. The Labute approximate surface area is 303 Å². The van der Waals surface area contributed by atoms with Crippen molar-refractivity contribution in [3.63, 3.8) is 0 Å². The minimum atomic E-state index is -4.39. The fraction of sp³-hybridized carbons (Fsp3) is 0.650. The van der Waals surface area contributed by atoms with Gasteiger partial charge < -0.3 is 20.1 Å². The molecule has 0 saturated carbocycles. The molecule has 286 valence electrons. The lowest BCUT2D eigenvalue weighted by Gasteiger charge is -2.19. The number of unbranched alkanes of at least 4 members (excludes halogenated alkanes) is 9. The van der Waals surface area contributed by atoms with Crippen LogP contribution in [0, 0.1) is 0 Å². The Bertz CT molecular complexity index is 1050. The topological polar surface area (TPSA) is 134 Å². The van der Waals surface area contributed by atoms with E-state index in [1.165, 1.54) is 38.5 Å². The van der Waals surface area contributed by atoms with Gasteiger partial charge in [0.2, 0.25) is 0 Å². The maximum absolute atomic E-state index is 12.5. The minimum absolute atomic E-state index is 0.0412. The average molecular weight is 722 g/mol. The molecule has 0 rings (SSSR count). The van der Waals surface area contributed by atoms with Crippen LogP contribution in [0.15, 0.2) is 72.9 Å². The van der Waals surface area contributed by atoms with E-state index in [0.717, 1.165) is 57.8 Å². The molecule has 0 aromatic rings. The van der Waals surface area contributed by atoms with Gasteiger partial charge in [0.1, 0.15) is 6.61 Å². The van der Waals surface area contributed by atoms with Crippen LogP contribution >= 0.6 is 7.82 Å². The van der Waals surface area contributed by atoms with E-state index in [1.807, 2.05) is 12.2 Å². The van der Waals surface area contributed by atoms with Crippen molar-refractivity contribution in [3.05, 3.63) is 72.9 Å². The number of ether oxygens (including phenoxy) is 2. The lowest BCUT2D eigenvalue weighted by atomic mass is 10.1. The quantitative estimate of drug-likeness (QED) is 0.0288. The number of carbonyl (C=O) groups excluding carboxylic acids is 2. The van der Waals surface area contributed by atoms with E-state index in [1.54, 1.807) is 0 Å². The van der Waals surface area contributed by atoms with E-state index in [0.29, 0.717) is 12.8 Å². The number of hydrogen-bond donors (Lipinski definition) is 2. The van der Waals surface area contributed by atoms with Crippen LogP contribution < -0.4 is 5.73 Å². The molecule has 3 N–H and O–H groups in total. The van der Waals surface area contributed by atoms with Crippen LogP contribution in [0.3, 0.4) is 0 Å². The Morgan fingerprint density at radius 1 is 0.620 bits per heavy atom. The summed E-state index contributed by atoms with van der Waals surface area (Å²) < 4.78 is 32.5. The highest BCUT2D eigenvalue weighted by Gasteiger charge is 2.25. The Kier molecular flexibility index (Phi) is 34.4. The van der Waals surface area contributed by atoms with Crippen molar-refractivity contribution >= 4 is 19.8 Å². The van der Waals surface area contributed by atoms with Gasteiger partial charge in [0, 0.05) is 19.4 Å². The monoisotopic (exact) mass is 721 g/mol. The van der Waals surface area contributed by atoms with E-state index >= 15 is 0 Å². The number of esters is 2. The molecule has 0 aliphatic rings. The third kappa shape index (κ3) is 35.3. The molecule has 2 atom stereocenters. The predicted molar refractivity (Wildman–Crippen MR) is 206 cm³/mol. The highest BCUT2D eigenvalue weighted by Crippen LogP contribution is 2.43. The van der Waals surface area contributed by atoms with E-state index < -0.39 is 32.5 Å². The normalized spacial score (nSPS) is 14.2. The van der Waals surface area contributed by atoms with E-state index in [9.17, 15) is 19.0 Å². The summed E-state index contributed by atoms with van der Waals surface area (Å²) in [6.07, 6.45) is 42.4. The summed E-state index contributed by atoms with van der Waals surface area (Å²) in [5.74, 6) is -0.935. The van der Waals surface area contributed by atoms with Crippen molar-refractivity contribution in [1.82, 2.24) is 0 Å². The number of carbonyl (C=O) groups is 2. The van der Waals surface area contributed by atoms with Gasteiger partial charge in [-0.05, 0) is 51.4 Å². The van der Waals surface area contributed by atoms with Gasteiger partial charge in [0.05, 0.1) is 13.2 Å². The van der Waals surface area contributed by atoms with Gasteiger partial charge in [-0.2, -0.15) is 0 Å². The highest BCUT2D eigenvalue weighted by atomic mass is 31.2. The van der Waals surface area contributed by atoms with Crippen molar-refractivity contribution in [2.45, 2.75) is 142 Å². The van der Waals surface area contributed by atoms with Gasteiger partial charge in [0.25, 0.3) is 0 Å². The molecule has 1 unspecified atom stereocenters. The van der Waals surface area contributed by atoms with Crippen LogP contribution in [0.25, 0.3) is 0 Å². The molecule has 0 aromatic heterocycles. The largest absolute Gasteiger partial charge is 0.472 e. The molecule has 0 aliphatic heterocycles. The van der Waals surface area contributed by atoms with Gasteiger partial charge in [-0.3, -0.25) is 18.6 Å². The maximum atomic E-state index is 12.5. The molecule has 0 spiro atoms. The zero-order valence-corrected chi connectivity index (χ0v) is 32.0. The number of nitrogens with two attached hydrogens (primary N) is 1. The van der Waals surface area contributed by atoms with Crippen LogP contribution in [0.5, 0.6) is 0 Å². The number of phosphoric ester groups is 1. The second-order valence-electron chi connectivity index (χ2n) is 12.1. The fourth-order valence-electron chi connectivity index (χ4n) is 4.60. The van der Waals surface area contributed by atoms with E-state index in [-0.39, 0.29) is 32.6 Å². The molecular formula is C40H68NO8P. The van der Waals surface area contributed by atoms with Crippen LogP contribution in [0.4, 0.5) is 0 Å². The molecule has 50 heavy (non-hydrogen) atoms. The van der Waals surface area contributed by atoms with Crippen molar-refractivity contribution in [3.8, 4) is 0 Å². The molecule has 9 nitrogen and oxygen atoms in total. The minimum Gasteiger partial charge on any atom is -0.462 e. The second-order valence-corrected chi connectivity index (χ2v) is 13.5. The van der Waals surface area contributed by atoms with Crippen molar-refractivity contribution in [2.24, 2.45) is 5.73 Å². The molecule has 0 saturated heterocycles. The van der Waals surface area contributed by atoms with Gasteiger partial charge in [-0.1, -0.05) is 145 Å². The smallest absolute Gasteiger partial charge is 0.462 e. The van der Waals surface area contributed by atoms with Gasteiger partial charge >= 0.3 is 19.8 Å². The summed E-state index contributed by atoms with van der Waals surface area (Å²) >= 11 is 0. The van der Waals surface area contributed by atoms with Crippen LogP contribution in [0.1, 0.15) is 136 Å². The molecule has 0 aliphatic carbocycles. The van der Waals surface area contributed by atoms with Crippen LogP contribution in [-0.4, -0.2) is 49.3 Å². The molecule has 0 amide bonds. The molecule has 0 heterocycles. The van der Waals surface area contributed by atoms with E-state index in [2.05, 4.69) is 74.6 Å². The predicted octanol–water partition coefficient (Wildman–Crippen LogP) is 10.3. The maximum Gasteiger partial charge on any atom is 0.472 e. The van der Waals surface area contributed by atoms with Crippen LogP contribution in [-0.2, 0) is 32.7 Å². The summed E-state index contributed by atoms with van der Waals surface area (Å²) in [5.41, 5.74) is 5.32. The zero-order valence-electron chi connectivity index (χ0n) is 31.1. The standard InChI is InChI=1S/C40H68NO8P/c1-3-5-7-9-11-13-15-16-17-18-19-20-21-22-23-25-26-28-30-32-39(42)46-36-38(37-48-50(44,45)47-35-34-41)49-40(43)33-31-29-27-24-14-12-10-8-6-4-2/h5,7,11,13,16-17,19-20,22-23,26,28,38H,3-4,6,8-10,12,14-15,18,21,24-25,27,29-37,41H2,1-2H3,(H,44,45)/b7-5+,13-11+,17-16+,20-19+,23-22+,28-26+/t38-/m0/s1. The number of hydrogen-bond acceptors (Lipinski definition) is 8. The molecule has 0 fully saturated rings. The van der Waals surface area contributed by atoms with Crippen molar-refractivity contribution in [2.75, 3.05) is 26.4 Å². The first-order chi connectivity index (χ1) is 24.3. The average Bonchev–Trinajstić information content (AvgIpc) is 3.10. The Morgan fingerprint density at radius 2 is 1.10 bits per heavy atom. The first-order valence-electron chi connectivity index (χ1n) is 18.9. The molecule has 0 radical (unpaired) electrons. The molecule has 0 bridgehead atoms. The summed E-state index contributed by atoms with van der Waals surface area (Å²) in [6.45, 7) is 3.48. The third-order valence-corrected chi connectivity index (χ3v) is 8.35. The number of rotatable bonds is 34. The lowest BCUT2D eigenvalue weighted by molar-refractivity contribution is -0.161. The third-order valence-electron chi connectivity index (χ3n) is 7.37. The molecular weight excluding hydrogens is 653 g/mol. The van der Waals surface area contributed by atoms with Gasteiger partial charge in [-0.15, -0.1) is 0 Å². The summed E-state index contributed by atoms with van der Waals surface area (Å²) in [4.78, 5) is 34.6. The first-order valence-corrected chi connectivity index (χ1v) is 20.4. The first kappa shape index (κ1) is 47.4. The SMILES string of the molecule is CC/C=C/C/C=C/C/C=C/C/C=C/C/C=C/C/C=C/CCC(=O)OC[C@@H](COP(=O)(O)OCCN)OC(=O)CCCCCCCCCCCC. The number of phosphoric acid groups is 1. The van der Waals surface area contributed by atoms with Gasteiger partial charge in [-0.25, -0.2) is 4.57 Å². The fourth-order valence-corrected chi connectivity index (χ4v) is 5.36. The summed E-state index contributed by atoms with van der Waals surface area (Å²) in [5, 5.41) is 0. The highest BCUT2D eigenvalue weighted by molar-refractivity contribution is 7.47. The molecule has 0 aromatic carbocycles. The zero-order chi connectivity index (χ0) is 36.8. The van der Waals surface area contributed by atoms with Crippen molar-refractivity contribution in [1.29, 1.82) is 0 Å². The summed E-state index contributed by atoms with van der Waals surface area (Å²) in [6, 6.07) is 0. The van der Waals surface area contributed by atoms with Gasteiger partial charge in [0.15, 0.2) is 6.10 Å².